The number of allylic oxidation sites excluding steroid dienone is 1. The van der Waals surface area contributed by atoms with E-state index in [4.69, 9.17) is 8.85 Å². The Morgan fingerprint density at radius 1 is 0.857 bits per heavy atom. The maximum atomic E-state index is 12.8. The van der Waals surface area contributed by atoms with Gasteiger partial charge in [0.05, 0.1) is 12.2 Å². The first kappa shape index (κ1) is 24.0. The number of carbonyl (C=O) groups is 1. The van der Waals surface area contributed by atoms with Crippen LogP contribution in [0, 0.1) is 11.8 Å². The minimum atomic E-state index is -2.00. The van der Waals surface area contributed by atoms with Crippen molar-refractivity contribution in [2.24, 2.45) is 11.8 Å². The SMILES string of the molecule is CC1=C2[C@@H](CC[C@H](O[Si](C)(C)C(C)(C)C)[C@@H]2O[Si](C)(C)C(C)(C)C)[C@H](C)C1=O. The van der Waals surface area contributed by atoms with E-state index in [0.29, 0.717) is 11.7 Å². The molecule has 0 unspecified atom stereocenters. The minimum Gasteiger partial charge on any atom is -0.411 e. The Morgan fingerprint density at radius 2 is 1.32 bits per heavy atom. The number of ketones is 1. The smallest absolute Gasteiger partial charge is 0.193 e. The monoisotopic (exact) mass is 424 g/mol. The molecule has 1 saturated carbocycles. The Hall–Kier alpha value is -0.236. The standard InChI is InChI=1S/C23H44O3Si2/c1-15-17-13-14-18(25-27(9,10)22(3,4)5)21(19(17)16(2)20(15)24)26-28(11,12)23(6,7)8/h15,17-18,21H,13-14H2,1-12H3/t15-,17-,18-,21-/m0/s1. The highest BCUT2D eigenvalue weighted by Crippen LogP contribution is 2.49. The lowest BCUT2D eigenvalue weighted by atomic mass is 9.78. The molecular formula is C23H44O3Si2. The summed E-state index contributed by atoms with van der Waals surface area (Å²) in [6.07, 6.45) is 2.03. The van der Waals surface area contributed by atoms with Crippen LogP contribution in [-0.2, 0) is 13.6 Å². The molecule has 1 fully saturated rings. The van der Waals surface area contributed by atoms with E-state index in [-0.39, 0.29) is 28.2 Å². The van der Waals surface area contributed by atoms with Crippen molar-refractivity contribution >= 4 is 22.4 Å². The topological polar surface area (TPSA) is 35.5 Å². The Balaban J connectivity index is 2.47. The molecule has 0 aliphatic heterocycles. The van der Waals surface area contributed by atoms with E-state index >= 15 is 0 Å². The average molecular weight is 425 g/mol. The van der Waals surface area contributed by atoms with E-state index in [1.165, 1.54) is 5.57 Å². The fourth-order valence-corrected chi connectivity index (χ4v) is 6.67. The maximum absolute atomic E-state index is 12.8. The molecule has 0 saturated heterocycles. The van der Waals surface area contributed by atoms with Crippen molar-refractivity contribution in [3.05, 3.63) is 11.1 Å². The number of fused-ring (bicyclic) bond motifs is 1. The van der Waals surface area contributed by atoms with Crippen LogP contribution < -0.4 is 0 Å². The van der Waals surface area contributed by atoms with Gasteiger partial charge in [-0.15, -0.1) is 0 Å². The quantitative estimate of drug-likeness (QED) is 0.470. The molecule has 0 aromatic heterocycles. The zero-order chi connectivity index (χ0) is 21.9. The van der Waals surface area contributed by atoms with Gasteiger partial charge in [-0.1, -0.05) is 48.5 Å². The molecule has 28 heavy (non-hydrogen) atoms. The average Bonchev–Trinajstić information content (AvgIpc) is 2.71. The second-order valence-electron chi connectivity index (χ2n) is 12.1. The van der Waals surface area contributed by atoms with E-state index in [9.17, 15) is 4.79 Å². The number of hydrogen-bond acceptors (Lipinski definition) is 3. The Bertz CT molecular complexity index is 650. The van der Waals surface area contributed by atoms with Gasteiger partial charge < -0.3 is 8.85 Å². The van der Waals surface area contributed by atoms with E-state index in [1.807, 2.05) is 6.92 Å². The van der Waals surface area contributed by atoms with Crippen LogP contribution in [0.3, 0.4) is 0 Å². The number of rotatable bonds is 4. The van der Waals surface area contributed by atoms with E-state index in [0.717, 1.165) is 18.4 Å². The van der Waals surface area contributed by atoms with Gasteiger partial charge in [-0.25, -0.2) is 0 Å². The lowest BCUT2D eigenvalue weighted by molar-refractivity contribution is -0.118. The molecule has 3 nitrogen and oxygen atoms in total. The molecule has 0 N–H and O–H groups in total. The predicted molar refractivity (Wildman–Crippen MR) is 124 cm³/mol. The third kappa shape index (κ3) is 4.28. The summed E-state index contributed by atoms with van der Waals surface area (Å²) in [6.45, 7) is 27.1. The summed E-state index contributed by atoms with van der Waals surface area (Å²) in [6, 6.07) is 0. The molecule has 0 amide bonds. The summed E-state index contributed by atoms with van der Waals surface area (Å²) in [5, 5.41) is 0.289. The van der Waals surface area contributed by atoms with E-state index in [1.54, 1.807) is 0 Å². The van der Waals surface area contributed by atoms with Crippen molar-refractivity contribution in [3.8, 4) is 0 Å². The van der Waals surface area contributed by atoms with Crippen LogP contribution >= 0.6 is 0 Å². The van der Waals surface area contributed by atoms with Crippen LogP contribution in [0.2, 0.25) is 36.3 Å². The van der Waals surface area contributed by atoms with Crippen molar-refractivity contribution in [1.82, 2.24) is 0 Å². The second-order valence-corrected chi connectivity index (χ2v) is 21.6. The minimum absolute atomic E-state index is 0.0642. The maximum Gasteiger partial charge on any atom is 0.193 e. The van der Waals surface area contributed by atoms with Gasteiger partial charge in [-0.3, -0.25) is 4.79 Å². The summed E-state index contributed by atoms with van der Waals surface area (Å²) in [7, 11) is -3.93. The molecule has 0 heterocycles. The molecule has 0 aromatic rings. The predicted octanol–water partition coefficient (Wildman–Crippen LogP) is 6.71. The normalized spacial score (nSPS) is 30.1. The van der Waals surface area contributed by atoms with Gasteiger partial charge in [0.1, 0.15) is 0 Å². The first-order chi connectivity index (χ1) is 12.4. The molecular weight excluding hydrogens is 380 g/mol. The van der Waals surface area contributed by atoms with Gasteiger partial charge >= 0.3 is 0 Å². The van der Waals surface area contributed by atoms with E-state index < -0.39 is 16.6 Å². The molecule has 2 aliphatic rings. The molecule has 2 aliphatic carbocycles. The Labute approximate surface area is 175 Å². The lowest BCUT2D eigenvalue weighted by Crippen LogP contribution is -2.54. The van der Waals surface area contributed by atoms with Crippen LogP contribution in [0.1, 0.15) is 68.2 Å². The highest BCUT2D eigenvalue weighted by Gasteiger charge is 2.51. The number of carbonyl (C=O) groups excluding carboxylic acids is 1. The third-order valence-electron chi connectivity index (χ3n) is 8.11. The first-order valence-corrected chi connectivity index (χ1v) is 16.8. The molecule has 0 radical (unpaired) electrons. The van der Waals surface area contributed by atoms with Gasteiger partial charge in [0.15, 0.2) is 22.4 Å². The van der Waals surface area contributed by atoms with Gasteiger partial charge in [0, 0.05) is 5.92 Å². The Morgan fingerprint density at radius 3 is 1.79 bits per heavy atom. The van der Waals surface area contributed by atoms with Crippen LogP contribution in [0.5, 0.6) is 0 Å². The van der Waals surface area contributed by atoms with E-state index in [2.05, 4.69) is 74.7 Å². The third-order valence-corrected chi connectivity index (χ3v) is 17.1. The highest BCUT2D eigenvalue weighted by molar-refractivity contribution is 6.74. The number of Topliss-reactive ketones (excluding diaryl/α,β-unsaturated/α-hetero) is 1. The molecule has 0 spiro atoms. The first-order valence-electron chi connectivity index (χ1n) is 11.0. The Kier molecular flexibility index (Phi) is 6.41. The molecule has 4 atom stereocenters. The van der Waals surface area contributed by atoms with Gasteiger partial charge in [0.2, 0.25) is 0 Å². The zero-order valence-electron chi connectivity index (χ0n) is 20.4. The molecule has 5 heteroatoms. The summed E-state index contributed by atoms with van der Waals surface area (Å²) in [4.78, 5) is 12.8. The lowest BCUT2D eigenvalue weighted by Gasteiger charge is -2.48. The molecule has 0 aromatic carbocycles. The van der Waals surface area contributed by atoms with Gasteiger partial charge in [0.25, 0.3) is 0 Å². The van der Waals surface area contributed by atoms with Crippen molar-refractivity contribution in [1.29, 1.82) is 0 Å². The van der Waals surface area contributed by atoms with Crippen molar-refractivity contribution in [2.75, 3.05) is 0 Å². The van der Waals surface area contributed by atoms with Gasteiger partial charge in [-0.2, -0.15) is 0 Å². The van der Waals surface area contributed by atoms with Crippen LogP contribution in [0.25, 0.3) is 0 Å². The van der Waals surface area contributed by atoms with Crippen LogP contribution in [0.4, 0.5) is 0 Å². The summed E-state index contributed by atoms with van der Waals surface area (Å²) >= 11 is 0. The van der Waals surface area contributed by atoms with Crippen molar-refractivity contribution in [2.45, 2.75) is 117 Å². The molecule has 162 valence electrons. The van der Waals surface area contributed by atoms with Crippen LogP contribution in [-0.4, -0.2) is 34.6 Å². The van der Waals surface area contributed by atoms with Crippen molar-refractivity contribution in [3.63, 3.8) is 0 Å². The largest absolute Gasteiger partial charge is 0.411 e. The fourth-order valence-electron chi connectivity index (χ4n) is 4.05. The summed E-state index contributed by atoms with van der Waals surface area (Å²) in [5.41, 5.74) is 2.21. The van der Waals surface area contributed by atoms with Crippen molar-refractivity contribution < 1.29 is 13.6 Å². The molecule has 2 rings (SSSR count). The summed E-state index contributed by atoms with van der Waals surface area (Å²) in [5.74, 6) is 0.743. The second kappa shape index (κ2) is 7.47. The molecule has 0 bridgehead atoms. The van der Waals surface area contributed by atoms with Gasteiger partial charge in [-0.05, 0) is 73.1 Å². The zero-order valence-corrected chi connectivity index (χ0v) is 22.4. The number of hydrogen-bond donors (Lipinski definition) is 0. The fraction of sp³-hybridized carbons (Fsp3) is 0.870. The summed E-state index contributed by atoms with van der Waals surface area (Å²) < 4.78 is 14.0. The van der Waals surface area contributed by atoms with Crippen LogP contribution in [0.15, 0.2) is 11.1 Å². The highest BCUT2D eigenvalue weighted by atomic mass is 28.4.